The Morgan fingerprint density at radius 2 is 1.94 bits per heavy atom. The van der Waals surface area contributed by atoms with Crippen molar-refractivity contribution in [2.45, 2.75) is 39.8 Å². The number of nitrogens with zero attached hydrogens (tertiary/aromatic N) is 2. The van der Waals surface area contributed by atoms with Crippen LogP contribution < -0.4 is 5.73 Å². The molecular weight excluding hydrogens is 210 g/mol. The van der Waals surface area contributed by atoms with Crippen molar-refractivity contribution in [1.29, 1.82) is 0 Å². The molecule has 0 radical (unpaired) electrons. The van der Waals surface area contributed by atoms with E-state index >= 15 is 0 Å². The zero-order valence-electron chi connectivity index (χ0n) is 11.3. The highest BCUT2D eigenvalue weighted by molar-refractivity contribution is 5.09. The molecule has 2 N–H and O–H groups in total. The second-order valence-corrected chi connectivity index (χ2v) is 4.94. The van der Waals surface area contributed by atoms with Crippen LogP contribution in [0.4, 0.5) is 0 Å². The second kappa shape index (κ2) is 7.41. The summed E-state index contributed by atoms with van der Waals surface area (Å²) in [6.07, 6.45) is 4.86. The lowest BCUT2D eigenvalue weighted by molar-refractivity contribution is 0.178. The van der Waals surface area contributed by atoms with E-state index in [1.807, 2.05) is 12.4 Å². The Hall–Kier alpha value is -0.930. The Kier molecular flexibility index (Phi) is 6.16. The van der Waals surface area contributed by atoms with Crippen molar-refractivity contribution < 1.29 is 0 Å². The molecule has 17 heavy (non-hydrogen) atoms. The SMILES string of the molecule is CCN(Cc1ccncc1)C(CN)CC(C)C. The molecule has 0 aromatic carbocycles. The first kappa shape index (κ1) is 14.1. The Labute approximate surface area is 105 Å². The van der Waals surface area contributed by atoms with Gasteiger partial charge >= 0.3 is 0 Å². The first-order valence-electron chi connectivity index (χ1n) is 6.50. The zero-order chi connectivity index (χ0) is 12.7. The molecular formula is C14H25N3. The highest BCUT2D eigenvalue weighted by atomic mass is 15.2. The van der Waals surface area contributed by atoms with Crippen LogP contribution in [-0.4, -0.2) is 29.0 Å². The molecule has 1 aromatic rings. The van der Waals surface area contributed by atoms with Crippen molar-refractivity contribution >= 4 is 0 Å². The predicted molar refractivity (Wildman–Crippen MR) is 72.6 cm³/mol. The molecule has 0 aliphatic carbocycles. The topological polar surface area (TPSA) is 42.2 Å². The highest BCUT2D eigenvalue weighted by Gasteiger charge is 2.16. The lowest BCUT2D eigenvalue weighted by Gasteiger charge is -2.31. The van der Waals surface area contributed by atoms with Crippen LogP contribution in [0.1, 0.15) is 32.8 Å². The third-order valence-corrected chi connectivity index (χ3v) is 3.07. The van der Waals surface area contributed by atoms with Crippen LogP contribution in [0.2, 0.25) is 0 Å². The molecule has 1 atom stereocenters. The van der Waals surface area contributed by atoms with Gasteiger partial charge < -0.3 is 5.73 Å². The summed E-state index contributed by atoms with van der Waals surface area (Å²) in [7, 11) is 0. The molecule has 0 saturated carbocycles. The molecule has 0 aliphatic rings. The van der Waals surface area contributed by atoms with E-state index in [0.717, 1.165) is 26.1 Å². The smallest absolute Gasteiger partial charge is 0.0271 e. The maximum atomic E-state index is 5.90. The summed E-state index contributed by atoms with van der Waals surface area (Å²) >= 11 is 0. The molecule has 0 saturated heterocycles. The molecule has 0 fully saturated rings. The lowest BCUT2D eigenvalue weighted by atomic mass is 10.0. The second-order valence-electron chi connectivity index (χ2n) is 4.94. The largest absolute Gasteiger partial charge is 0.329 e. The fraction of sp³-hybridized carbons (Fsp3) is 0.643. The van der Waals surface area contributed by atoms with E-state index in [-0.39, 0.29) is 0 Å². The molecule has 3 heteroatoms. The fourth-order valence-electron chi connectivity index (χ4n) is 2.16. The summed E-state index contributed by atoms with van der Waals surface area (Å²) in [5.74, 6) is 0.690. The van der Waals surface area contributed by atoms with Gasteiger partial charge in [0, 0.05) is 31.5 Å². The number of nitrogens with two attached hydrogens (primary N) is 1. The van der Waals surface area contributed by atoms with E-state index < -0.39 is 0 Å². The van der Waals surface area contributed by atoms with Crippen molar-refractivity contribution in [2.75, 3.05) is 13.1 Å². The van der Waals surface area contributed by atoms with Gasteiger partial charge in [0.2, 0.25) is 0 Å². The van der Waals surface area contributed by atoms with Crippen LogP contribution >= 0.6 is 0 Å². The van der Waals surface area contributed by atoms with Crippen molar-refractivity contribution in [3.8, 4) is 0 Å². The minimum Gasteiger partial charge on any atom is -0.329 e. The van der Waals surface area contributed by atoms with E-state index in [0.29, 0.717) is 12.0 Å². The number of aromatic nitrogens is 1. The molecule has 1 rings (SSSR count). The Morgan fingerprint density at radius 1 is 1.29 bits per heavy atom. The molecule has 0 aliphatic heterocycles. The van der Waals surface area contributed by atoms with Crippen molar-refractivity contribution in [1.82, 2.24) is 9.88 Å². The lowest BCUT2D eigenvalue weighted by Crippen LogP contribution is -2.40. The minimum atomic E-state index is 0.480. The van der Waals surface area contributed by atoms with Gasteiger partial charge in [-0.3, -0.25) is 9.88 Å². The van der Waals surface area contributed by atoms with Crippen LogP contribution in [0.15, 0.2) is 24.5 Å². The summed E-state index contributed by atoms with van der Waals surface area (Å²) < 4.78 is 0. The van der Waals surface area contributed by atoms with Crippen molar-refractivity contribution in [3.63, 3.8) is 0 Å². The molecule has 0 spiro atoms. The van der Waals surface area contributed by atoms with E-state index in [9.17, 15) is 0 Å². The molecule has 3 nitrogen and oxygen atoms in total. The molecule has 96 valence electrons. The summed E-state index contributed by atoms with van der Waals surface area (Å²) in [5, 5.41) is 0. The van der Waals surface area contributed by atoms with Crippen molar-refractivity contribution in [3.05, 3.63) is 30.1 Å². The van der Waals surface area contributed by atoms with Gasteiger partial charge in [-0.2, -0.15) is 0 Å². The minimum absolute atomic E-state index is 0.480. The first-order chi connectivity index (χ1) is 8.17. The third kappa shape index (κ3) is 4.84. The quantitative estimate of drug-likeness (QED) is 0.788. The average Bonchev–Trinajstić information content (AvgIpc) is 2.34. The van der Waals surface area contributed by atoms with E-state index in [4.69, 9.17) is 5.73 Å². The van der Waals surface area contributed by atoms with Crippen LogP contribution in [0, 0.1) is 5.92 Å². The van der Waals surface area contributed by atoms with Gasteiger partial charge in [0.25, 0.3) is 0 Å². The van der Waals surface area contributed by atoms with Crippen LogP contribution in [0.5, 0.6) is 0 Å². The van der Waals surface area contributed by atoms with Gasteiger partial charge in [0.15, 0.2) is 0 Å². The van der Waals surface area contributed by atoms with E-state index in [1.54, 1.807) is 0 Å². The maximum Gasteiger partial charge on any atom is 0.0271 e. The molecule has 1 heterocycles. The van der Waals surface area contributed by atoms with Crippen LogP contribution in [-0.2, 0) is 6.54 Å². The summed E-state index contributed by atoms with van der Waals surface area (Å²) in [6.45, 7) is 9.44. The Bertz CT molecular complexity index is 298. The van der Waals surface area contributed by atoms with Gasteiger partial charge in [-0.1, -0.05) is 20.8 Å². The fourth-order valence-corrected chi connectivity index (χ4v) is 2.16. The number of hydrogen-bond acceptors (Lipinski definition) is 3. The molecule has 0 bridgehead atoms. The Morgan fingerprint density at radius 3 is 2.41 bits per heavy atom. The summed E-state index contributed by atoms with van der Waals surface area (Å²) in [4.78, 5) is 6.50. The zero-order valence-corrected chi connectivity index (χ0v) is 11.3. The normalized spacial score (nSPS) is 13.3. The van der Waals surface area contributed by atoms with Gasteiger partial charge in [0.1, 0.15) is 0 Å². The number of pyridine rings is 1. The van der Waals surface area contributed by atoms with Gasteiger partial charge in [-0.05, 0) is 36.6 Å². The highest BCUT2D eigenvalue weighted by Crippen LogP contribution is 2.13. The van der Waals surface area contributed by atoms with E-state index in [1.165, 1.54) is 5.56 Å². The molecule has 1 unspecified atom stereocenters. The van der Waals surface area contributed by atoms with Gasteiger partial charge in [-0.15, -0.1) is 0 Å². The number of likely N-dealkylation sites (N-methyl/N-ethyl adjacent to an activating group) is 1. The average molecular weight is 235 g/mol. The summed E-state index contributed by atoms with van der Waals surface area (Å²) in [5.41, 5.74) is 7.21. The predicted octanol–water partition coefficient (Wildman–Crippen LogP) is 2.28. The number of rotatable bonds is 7. The molecule has 1 aromatic heterocycles. The monoisotopic (exact) mass is 235 g/mol. The standard InChI is InChI=1S/C14H25N3/c1-4-17(14(10-15)9-12(2)3)11-13-5-7-16-8-6-13/h5-8,12,14H,4,9-11,15H2,1-3H3. The van der Waals surface area contributed by atoms with Gasteiger partial charge in [-0.25, -0.2) is 0 Å². The first-order valence-corrected chi connectivity index (χ1v) is 6.50. The Balaban J connectivity index is 2.63. The summed E-state index contributed by atoms with van der Waals surface area (Å²) in [6, 6.07) is 4.63. The molecule has 0 amide bonds. The van der Waals surface area contributed by atoms with E-state index in [2.05, 4.69) is 42.8 Å². The van der Waals surface area contributed by atoms with Gasteiger partial charge in [0.05, 0.1) is 0 Å². The third-order valence-electron chi connectivity index (χ3n) is 3.07. The maximum absolute atomic E-state index is 5.90. The number of hydrogen-bond donors (Lipinski definition) is 1. The van der Waals surface area contributed by atoms with Crippen LogP contribution in [0.3, 0.4) is 0 Å². The van der Waals surface area contributed by atoms with Crippen molar-refractivity contribution in [2.24, 2.45) is 11.7 Å². The van der Waals surface area contributed by atoms with Crippen LogP contribution in [0.25, 0.3) is 0 Å².